The molecular weight excluding hydrogens is 392 g/mol. The average Bonchev–Trinajstić information content (AvgIpc) is 2.78. The van der Waals surface area contributed by atoms with Crippen molar-refractivity contribution in [3.63, 3.8) is 0 Å². The Morgan fingerprint density at radius 3 is 2.55 bits per heavy atom. The number of hydrogen-bond acceptors (Lipinski definition) is 7. The van der Waals surface area contributed by atoms with Crippen LogP contribution in [0, 0.1) is 39.9 Å². The third-order valence-electron chi connectivity index (χ3n) is 9.58. The SMILES string of the molecule is CCSCC1C(=O)C23C(O)C1CCC2C12COC3(O)C(O)C1C(C)(C)CCC2O. The summed E-state index contributed by atoms with van der Waals surface area (Å²) in [6.07, 6.45) is -0.387. The number of hydrogen-bond donors (Lipinski definition) is 4. The molecule has 0 amide bonds. The minimum atomic E-state index is -2.10. The summed E-state index contributed by atoms with van der Waals surface area (Å²) in [7, 11) is 0. The first-order valence-electron chi connectivity index (χ1n) is 11.1. The lowest BCUT2D eigenvalue weighted by atomic mass is 9.35. The zero-order valence-electron chi connectivity index (χ0n) is 17.5. The zero-order chi connectivity index (χ0) is 21.0. The van der Waals surface area contributed by atoms with Gasteiger partial charge in [0.1, 0.15) is 11.5 Å². The van der Waals surface area contributed by atoms with Gasteiger partial charge in [-0.15, -0.1) is 0 Å². The Hall–Kier alpha value is -0.180. The van der Waals surface area contributed by atoms with E-state index in [1.54, 1.807) is 11.8 Å². The number of carbonyl (C=O) groups excluding carboxylic acids is 1. The van der Waals surface area contributed by atoms with E-state index in [9.17, 15) is 25.2 Å². The largest absolute Gasteiger partial charge is 0.392 e. The molecule has 6 aliphatic rings. The molecule has 0 aromatic carbocycles. The standard InChI is InChI=1S/C22H34O6S/c1-4-29-9-12-11-5-6-13-20-10-28-22(27,21(13,16(11)24)17(12)25)18(26)15(20)19(2,3)8-7-14(20)23/h11-16,18,23-24,26-27H,4-10H2,1-3H3. The van der Waals surface area contributed by atoms with Gasteiger partial charge in [-0.2, -0.15) is 11.8 Å². The molecule has 2 spiro atoms. The van der Waals surface area contributed by atoms with Gasteiger partial charge >= 0.3 is 0 Å². The number of thioether (sulfide) groups is 1. The molecule has 2 saturated heterocycles. The van der Waals surface area contributed by atoms with Crippen LogP contribution in [0.15, 0.2) is 0 Å². The van der Waals surface area contributed by atoms with E-state index >= 15 is 0 Å². The van der Waals surface area contributed by atoms with Crippen LogP contribution in [0.4, 0.5) is 0 Å². The van der Waals surface area contributed by atoms with E-state index < -0.39 is 34.9 Å². The minimum absolute atomic E-state index is 0.126. The lowest BCUT2D eigenvalue weighted by molar-refractivity contribution is -0.458. The number of aliphatic hydroxyl groups is 4. The van der Waals surface area contributed by atoms with E-state index in [-0.39, 0.29) is 41.5 Å². The topological polar surface area (TPSA) is 107 Å². The van der Waals surface area contributed by atoms with Crippen molar-refractivity contribution in [2.24, 2.45) is 39.9 Å². The fraction of sp³-hybridized carbons (Fsp3) is 0.955. The first kappa shape index (κ1) is 20.7. The number of ether oxygens (including phenoxy) is 1. The third kappa shape index (κ3) is 2.06. The maximum absolute atomic E-state index is 13.9. The summed E-state index contributed by atoms with van der Waals surface area (Å²) in [5, 5.41) is 46.1. The summed E-state index contributed by atoms with van der Waals surface area (Å²) in [5.41, 5.74) is -2.67. The van der Waals surface area contributed by atoms with Gasteiger partial charge in [-0.05, 0) is 48.7 Å². The van der Waals surface area contributed by atoms with Crippen LogP contribution in [0.25, 0.3) is 0 Å². The lowest BCUT2D eigenvalue weighted by Crippen LogP contribution is -2.85. The van der Waals surface area contributed by atoms with Gasteiger partial charge in [0.2, 0.25) is 5.79 Å². The molecule has 10 atom stereocenters. The molecule has 4 saturated carbocycles. The molecule has 6 fully saturated rings. The summed E-state index contributed by atoms with van der Waals surface area (Å²) in [4.78, 5) is 13.9. The molecule has 6 rings (SSSR count). The normalized spacial score (nSPS) is 57.5. The Balaban J connectivity index is 1.71. The van der Waals surface area contributed by atoms with Crippen molar-refractivity contribution in [2.45, 2.75) is 70.6 Å². The highest BCUT2D eigenvalue weighted by Crippen LogP contribution is 2.76. The summed E-state index contributed by atoms with van der Waals surface area (Å²) in [6.45, 7) is 6.32. The first-order valence-corrected chi connectivity index (χ1v) is 12.3. The second-order valence-corrected chi connectivity index (χ2v) is 12.1. The molecule has 4 aliphatic carbocycles. The van der Waals surface area contributed by atoms with Crippen molar-refractivity contribution in [1.29, 1.82) is 0 Å². The van der Waals surface area contributed by atoms with Gasteiger partial charge in [0.25, 0.3) is 0 Å². The van der Waals surface area contributed by atoms with Crippen LogP contribution in [-0.2, 0) is 9.53 Å². The second-order valence-electron chi connectivity index (χ2n) is 10.8. The molecule has 2 aliphatic heterocycles. The van der Waals surface area contributed by atoms with Gasteiger partial charge in [-0.1, -0.05) is 20.8 Å². The van der Waals surface area contributed by atoms with Crippen molar-refractivity contribution in [3.8, 4) is 0 Å². The molecular formula is C22H34O6S. The number of fused-ring (bicyclic) bond motifs is 2. The summed E-state index contributed by atoms with van der Waals surface area (Å²) < 4.78 is 5.94. The smallest absolute Gasteiger partial charge is 0.208 e. The average molecular weight is 427 g/mol. The van der Waals surface area contributed by atoms with E-state index in [1.165, 1.54) is 0 Å². The Labute approximate surface area is 176 Å². The first-order chi connectivity index (χ1) is 13.6. The summed E-state index contributed by atoms with van der Waals surface area (Å²) >= 11 is 1.67. The van der Waals surface area contributed by atoms with Crippen molar-refractivity contribution >= 4 is 17.5 Å². The summed E-state index contributed by atoms with van der Waals surface area (Å²) in [5.74, 6) is -2.09. The Morgan fingerprint density at radius 2 is 1.86 bits per heavy atom. The molecule has 29 heavy (non-hydrogen) atoms. The number of ketones is 1. The van der Waals surface area contributed by atoms with Gasteiger partial charge in [-0.3, -0.25) is 4.79 Å². The Morgan fingerprint density at radius 1 is 1.14 bits per heavy atom. The van der Waals surface area contributed by atoms with Crippen molar-refractivity contribution < 1.29 is 30.0 Å². The van der Waals surface area contributed by atoms with Crippen molar-refractivity contribution in [3.05, 3.63) is 0 Å². The van der Waals surface area contributed by atoms with Crippen LogP contribution in [-0.4, -0.2) is 68.4 Å². The van der Waals surface area contributed by atoms with Crippen LogP contribution in [0.1, 0.15) is 46.5 Å². The molecule has 0 aromatic heterocycles. The molecule has 164 valence electrons. The molecule has 0 aromatic rings. The highest BCUT2D eigenvalue weighted by Gasteiger charge is 2.87. The second kappa shape index (κ2) is 6.20. The monoisotopic (exact) mass is 426 g/mol. The zero-order valence-corrected chi connectivity index (χ0v) is 18.3. The van der Waals surface area contributed by atoms with Crippen LogP contribution in [0.2, 0.25) is 0 Å². The fourth-order valence-electron chi connectivity index (χ4n) is 8.54. The summed E-state index contributed by atoms with van der Waals surface area (Å²) in [6, 6.07) is 0. The van der Waals surface area contributed by atoms with Crippen LogP contribution in [0.5, 0.6) is 0 Å². The number of aliphatic hydroxyl groups excluding tert-OH is 3. The predicted molar refractivity (Wildman–Crippen MR) is 108 cm³/mol. The molecule has 4 bridgehead atoms. The van der Waals surface area contributed by atoms with Crippen LogP contribution < -0.4 is 0 Å². The maximum atomic E-state index is 13.9. The third-order valence-corrected chi connectivity index (χ3v) is 10.6. The lowest BCUT2D eigenvalue weighted by Gasteiger charge is -2.74. The van der Waals surface area contributed by atoms with Gasteiger partial charge < -0.3 is 25.2 Å². The molecule has 6 nitrogen and oxygen atoms in total. The molecule has 2 heterocycles. The maximum Gasteiger partial charge on any atom is 0.208 e. The van der Waals surface area contributed by atoms with Crippen LogP contribution >= 0.6 is 11.8 Å². The van der Waals surface area contributed by atoms with E-state index in [0.717, 1.165) is 12.2 Å². The molecule has 10 unspecified atom stereocenters. The van der Waals surface area contributed by atoms with Gasteiger partial charge in [-0.25, -0.2) is 0 Å². The molecule has 4 N–H and O–H groups in total. The van der Waals surface area contributed by atoms with E-state index in [1.807, 2.05) is 6.92 Å². The fourth-order valence-corrected chi connectivity index (χ4v) is 9.43. The predicted octanol–water partition coefficient (Wildman–Crippen LogP) is 1.19. The Bertz CT molecular complexity index is 728. The van der Waals surface area contributed by atoms with E-state index in [4.69, 9.17) is 4.74 Å². The number of Topliss-reactive ketones (excluding diaryl/α,β-unsaturated/α-hetero) is 1. The van der Waals surface area contributed by atoms with Crippen molar-refractivity contribution in [2.75, 3.05) is 18.1 Å². The molecule has 7 heteroatoms. The van der Waals surface area contributed by atoms with Crippen LogP contribution in [0.3, 0.4) is 0 Å². The van der Waals surface area contributed by atoms with Gasteiger partial charge in [0.05, 0.1) is 18.8 Å². The molecule has 0 radical (unpaired) electrons. The van der Waals surface area contributed by atoms with Crippen molar-refractivity contribution in [1.82, 2.24) is 0 Å². The van der Waals surface area contributed by atoms with E-state index in [0.29, 0.717) is 25.0 Å². The highest BCUT2D eigenvalue weighted by molar-refractivity contribution is 7.99. The van der Waals surface area contributed by atoms with E-state index in [2.05, 4.69) is 13.8 Å². The number of carbonyl (C=O) groups is 1. The Kier molecular flexibility index (Phi) is 4.43. The van der Waals surface area contributed by atoms with Gasteiger partial charge in [0.15, 0.2) is 5.78 Å². The minimum Gasteiger partial charge on any atom is -0.392 e. The van der Waals surface area contributed by atoms with Gasteiger partial charge in [0, 0.05) is 23.0 Å². The quantitative estimate of drug-likeness (QED) is 0.537. The number of rotatable bonds is 3. The highest BCUT2D eigenvalue weighted by atomic mass is 32.2.